The number of aliphatic hydroxyl groups is 1. The Morgan fingerprint density at radius 2 is 2.12 bits per heavy atom. The highest BCUT2D eigenvalue weighted by Crippen LogP contribution is 2.16. The molecule has 1 unspecified atom stereocenters. The molecule has 1 aromatic carbocycles. The van der Waals surface area contributed by atoms with Crippen molar-refractivity contribution in [1.82, 2.24) is 5.32 Å². The molecular formula is C13H16FNO. The fraction of sp³-hybridized carbons (Fsp3) is 0.385. The zero-order chi connectivity index (χ0) is 12.2. The van der Waals surface area contributed by atoms with E-state index in [1.807, 2.05) is 13.8 Å². The second-order valence-electron chi connectivity index (χ2n) is 4.19. The molecule has 2 nitrogen and oxygen atoms in total. The molecule has 1 atom stereocenters. The van der Waals surface area contributed by atoms with Gasteiger partial charge in [0.15, 0.2) is 0 Å². The lowest BCUT2D eigenvalue weighted by Crippen LogP contribution is -2.40. The van der Waals surface area contributed by atoms with Gasteiger partial charge in [0.05, 0.1) is 11.6 Å². The maximum Gasteiger partial charge on any atom is 0.129 e. The van der Waals surface area contributed by atoms with E-state index in [0.29, 0.717) is 0 Å². The minimum atomic E-state index is -0.895. The van der Waals surface area contributed by atoms with Crippen LogP contribution in [-0.2, 0) is 0 Å². The molecule has 0 saturated carbocycles. The van der Waals surface area contributed by atoms with E-state index in [0.717, 1.165) is 0 Å². The summed E-state index contributed by atoms with van der Waals surface area (Å²) in [4.78, 5) is 0. The Labute approximate surface area is 95.5 Å². The first-order chi connectivity index (χ1) is 7.46. The smallest absolute Gasteiger partial charge is 0.129 e. The number of nitrogens with one attached hydrogen (secondary N) is 1. The van der Waals surface area contributed by atoms with Crippen molar-refractivity contribution in [3.8, 4) is 12.3 Å². The van der Waals surface area contributed by atoms with Crippen molar-refractivity contribution in [3.05, 3.63) is 35.6 Å². The number of rotatable bonds is 4. The number of aliphatic hydroxyl groups excluding tert-OH is 1. The van der Waals surface area contributed by atoms with Gasteiger partial charge in [-0.2, -0.15) is 0 Å². The topological polar surface area (TPSA) is 32.3 Å². The van der Waals surface area contributed by atoms with Gasteiger partial charge in [-0.3, -0.25) is 5.32 Å². The van der Waals surface area contributed by atoms with E-state index in [1.165, 1.54) is 6.07 Å². The van der Waals surface area contributed by atoms with Crippen LogP contribution in [0.4, 0.5) is 4.39 Å². The molecule has 0 saturated heterocycles. The van der Waals surface area contributed by atoms with E-state index in [4.69, 9.17) is 6.42 Å². The molecule has 0 aliphatic heterocycles. The average molecular weight is 221 g/mol. The quantitative estimate of drug-likeness (QED) is 0.761. The number of terminal acetylenes is 1. The largest absolute Gasteiger partial charge is 0.387 e. The third-order valence-electron chi connectivity index (χ3n) is 2.36. The minimum absolute atomic E-state index is 0.220. The Bertz CT molecular complexity index is 395. The summed E-state index contributed by atoms with van der Waals surface area (Å²) in [5, 5.41) is 12.8. The first-order valence-electron chi connectivity index (χ1n) is 5.11. The van der Waals surface area contributed by atoms with Gasteiger partial charge in [-0.25, -0.2) is 4.39 Å². The Balaban J connectivity index is 2.64. The minimum Gasteiger partial charge on any atom is -0.387 e. The van der Waals surface area contributed by atoms with Crippen LogP contribution >= 0.6 is 0 Å². The molecule has 3 heteroatoms. The molecule has 0 heterocycles. The molecule has 0 aromatic heterocycles. The van der Waals surface area contributed by atoms with E-state index in [2.05, 4.69) is 11.2 Å². The highest BCUT2D eigenvalue weighted by atomic mass is 19.1. The molecule has 1 rings (SSSR count). The van der Waals surface area contributed by atoms with Gasteiger partial charge in [-0.1, -0.05) is 24.1 Å². The predicted octanol–water partition coefficient (Wildman–Crippen LogP) is 1.86. The summed E-state index contributed by atoms with van der Waals surface area (Å²) in [6, 6.07) is 6.16. The van der Waals surface area contributed by atoms with Gasteiger partial charge in [-0.15, -0.1) is 6.42 Å². The summed E-state index contributed by atoms with van der Waals surface area (Å²) in [5.74, 6) is 2.14. The molecule has 0 aliphatic rings. The average Bonchev–Trinajstić information content (AvgIpc) is 2.27. The van der Waals surface area contributed by atoms with Crippen molar-refractivity contribution < 1.29 is 9.50 Å². The second-order valence-corrected chi connectivity index (χ2v) is 4.19. The summed E-state index contributed by atoms with van der Waals surface area (Å²) in [6.07, 6.45) is 4.40. The van der Waals surface area contributed by atoms with E-state index in [-0.39, 0.29) is 12.1 Å². The Hall–Kier alpha value is -1.37. The lowest BCUT2D eigenvalue weighted by Gasteiger charge is -2.22. The van der Waals surface area contributed by atoms with Crippen LogP contribution in [0.1, 0.15) is 25.5 Å². The summed E-state index contributed by atoms with van der Waals surface area (Å²) in [7, 11) is 0. The first kappa shape index (κ1) is 12.7. The molecule has 16 heavy (non-hydrogen) atoms. The number of hydrogen-bond donors (Lipinski definition) is 2. The summed E-state index contributed by atoms with van der Waals surface area (Å²) >= 11 is 0. The van der Waals surface area contributed by atoms with Gasteiger partial charge in [0.1, 0.15) is 5.82 Å². The molecule has 86 valence electrons. The van der Waals surface area contributed by atoms with Crippen LogP contribution < -0.4 is 5.32 Å². The summed E-state index contributed by atoms with van der Waals surface area (Å²) in [6.45, 7) is 3.86. The predicted molar refractivity (Wildman–Crippen MR) is 62.3 cm³/mol. The molecule has 0 aliphatic carbocycles. The molecule has 1 aromatic rings. The number of halogens is 1. The fourth-order valence-electron chi connectivity index (χ4n) is 1.26. The lowest BCUT2D eigenvalue weighted by atomic mass is 10.0. The summed E-state index contributed by atoms with van der Waals surface area (Å²) in [5.41, 5.74) is -0.227. The van der Waals surface area contributed by atoms with E-state index in [1.54, 1.807) is 18.2 Å². The standard InChI is InChI=1S/C13H16FNO/c1-4-13(2,3)15-9-12(16)10-7-5-6-8-11(10)14/h1,5-8,12,15-16H,9H2,2-3H3. The molecule has 0 fully saturated rings. The van der Waals surface area contributed by atoms with Gasteiger partial charge in [-0.05, 0) is 19.9 Å². The zero-order valence-corrected chi connectivity index (χ0v) is 9.50. The number of hydrogen-bond acceptors (Lipinski definition) is 2. The summed E-state index contributed by atoms with van der Waals surface area (Å²) < 4.78 is 13.3. The SMILES string of the molecule is C#CC(C)(C)NCC(O)c1ccccc1F. The maximum absolute atomic E-state index is 13.3. The van der Waals surface area contributed by atoms with Crippen molar-refractivity contribution in [2.75, 3.05) is 6.54 Å². The van der Waals surface area contributed by atoms with Crippen LogP contribution in [0.25, 0.3) is 0 Å². The van der Waals surface area contributed by atoms with E-state index >= 15 is 0 Å². The van der Waals surface area contributed by atoms with E-state index in [9.17, 15) is 9.50 Å². The normalized spacial score (nSPS) is 13.2. The van der Waals surface area contributed by atoms with Crippen LogP contribution in [-0.4, -0.2) is 17.2 Å². The Morgan fingerprint density at radius 1 is 1.50 bits per heavy atom. The fourth-order valence-corrected chi connectivity index (χ4v) is 1.26. The van der Waals surface area contributed by atoms with Crippen molar-refractivity contribution in [1.29, 1.82) is 0 Å². The number of benzene rings is 1. The highest BCUT2D eigenvalue weighted by molar-refractivity contribution is 5.20. The zero-order valence-electron chi connectivity index (χ0n) is 9.50. The van der Waals surface area contributed by atoms with Gasteiger partial charge in [0, 0.05) is 12.1 Å². The molecule has 0 radical (unpaired) electrons. The lowest BCUT2D eigenvalue weighted by molar-refractivity contribution is 0.163. The van der Waals surface area contributed by atoms with Gasteiger partial charge in [0.25, 0.3) is 0 Å². The van der Waals surface area contributed by atoms with Crippen LogP contribution in [0.2, 0.25) is 0 Å². The molecule has 2 N–H and O–H groups in total. The van der Waals surface area contributed by atoms with Crippen molar-refractivity contribution >= 4 is 0 Å². The van der Waals surface area contributed by atoms with Crippen LogP contribution in [0, 0.1) is 18.2 Å². The van der Waals surface area contributed by atoms with Gasteiger partial charge < -0.3 is 5.11 Å². The Morgan fingerprint density at radius 3 is 2.69 bits per heavy atom. The molecule has 0 amide bonds. The van der Waals surface area contributed by atoms with Crippen LogP contribution in [0.15, 0.2) is 24.3 Å². The third kappa shape index (κ3) is 3.34. The first-order valence-corrected chi connectivity index (χ1v) is 5.11. The molecule has 0 bridgehead atoms. The monoisotopic (exact) mass is 221 g/mol. The van der Waals surface area contributed by atoms with Crippen LogP contribution in [0.3, 0.4) is 0 Å². The van der Waals surface area contributed by atoms with Crippen molar-refractivity contribution in [2.24, 2.45) is 0 Å². The Kier molecular flexibility index (Phi) is 4.05. The highest BCUT2D eigenvalue weighted by Gasteiger charge is 2.17. The van der Waals surface area contributed by atoms with Crippen molar-refractivity contribution in [2.45, 2.75) is 25.5 Å². The van der Waals surface area contributed by atoms with Gasteiger partial charge in [0.2, 0.25) is 0 Å². The second kappa shape index (κ2) is 5.11. The third-order valence-corrected chi connectivity index (χ3v) is 2.36. The van der Waals surface area contributed by atoms with E-state index < -0.39 is 17.5 Å². The van der Waals surface area contributed by atoms with Crippen molar-refractivity contribution in [3.63, 3.8) is 0 Å². The molecule has 0 spiro atoms. The maximum atomic E-state index is 13.3. The van der Waals surface area contributed by atoms with Crippen LogP contribution in [0.5, 0.6) is 0 Å². The number of β-amino-alcohol motifs (C(OH)–C–C–N with tert-alkyl or cyclic N) is 1. The van der Waals surface area contributed by atoms with Gasteiger partial charge >= 0.3 is 0 Å². The molecular weight excluding hydrogens is 205 g/mol.